The van der Waals surface area contributed by atoms with Crippen LogP contribution in [0.4, 0.5) is 0 Å². The van der Waals surface area contributed by atoms with E-state index in [-0.39, 0.29) is 5.91 Å². The molecule has 2 saturated heterocycles. The van der Waals surface area contributed by atoms with E-state index in [0.717, 1.165) is 30.0 Å². The lowest BCUT2D eigenvalue weighted by Gasteiger charge is -2.45. The molecule has 0 spiro atoms. The van der Waals surface area contributed by atoms with Crippen LogP contribution >= 0.6 is 0 Å². The zero-order valence-corrected chi connectivity index (χ0v) is 15.4. The number of fused-ring (bicyclic) bond motifs is 1. The molecule has 5 heteroatoms. The summed E-state index contributed by atoms with van der Waals surface area (Å²) < 4.78 is 5.19. The minimum absolute atomic E-state index is 0.239. The first-order chi connectivity index (χ1) is 11.6. The predicted molar refractivity (Wildman–Crippen MR) is 93.9 cm³/mol. The summed E-state index contributed by atoms with van der Waals surface area (Å²) in [6.45, 7) is 7.28. The lowest BCUT2D eigenvalue weighted by molar-refractivity contribution is -0.131. The lowest BCUT2D eigenvalue weighted by atomic mass is 9.83. The van der Waals surface area contributed by atoms with Crippen molar-refractivity contribution in [3.8, 4) is 0 Å². The second-order valence-corrected chi connectivity index (χ2v) is 7.58. The molecule has 3 heterocycles. The lowest BCUT2D eigenvalue weighted by Crippen LogP contribution is -2.51. The molecule has 0 saturated carbocycles. The van der Waals surface area contributed by atoms with Gasteiger partial charge in [0.25, 0.3) is 0 Å². The highest BCUT2D eigenvalue weighted by Gasteiger charge is 2.33. The van der Waals surface area contributed by atoms with E-state index in [1.54, 1.807) is 0 Å². The van der Waals surface area contributed by atoms with Gasteiger partial charge in [-0.2, -0.15) is 0 Å². The zero-order chi connectivity index (χ0) is 17.1. The van der Waals surface area contributed by atoms with Gasteiger partial charge in [0.1, 0.15) is 5.76 Å². The van der Waals surface area contributed by atoms with Crippen molar-refractivity contribution in [3.05, 3.63) is 17.0 Å². The molecular weight excluding hydrogens is 302 g/mol. The van der Waals surface area contributed by atoms with Crippen molar-refractivity contribution in [1.82, 2.24) is 15.0 Å². The molecule has 0 aromatic carbocycles. The third-order valence-corrected chi connectivity index (χ3v) is 5.93. The van der Waals surface area contributed by atoms with Gasteiger partial charge in [-0.15, -0.1) is 0 Å². The third kappa shape index (κ3) is 3.82. The molecule has 24 heavy (non-hydrogen) atoms. The molecule has 1 amide bonds. The molecule has 3 rings (SSSR count). The van der Waals surface area contributed by atoms with Crippen molar-refractivity contribution < 1.29 is 9.32 Å². The Morgan fingerprint density at radius 2 is 2.04 bits per heavy atom. The fourth-order valence-corrected chi connectivity index (χ4v) is 4.53. The van der Waals surface area contributed by atoms with E-state index in [1.165, 1.54) is 45.2 Å². The van der Waals surface area contributed by atoms with E-state index in [9.17, 15) is 4.79 Å². The monoisotopic (exact) mass is 333 g/mol. The van der Waals surface area contributed by atoms with Gasteiger partial charge in [0, 0.05) is 31.6 Å². The Morgan fingerprint density at radius 1 is 1.25 bits per heavy atom. The van der Waals surface area contributed by atoms with E-state index in [1.807, 2.05) is 25.8 Å². The molecule has 2 unspecified atom stereocenters. The fourth-order valence-electron chi connectivity index (χ4n) is 4.53. The standard InChI is InChI=1S/C19H31N3O2/c1-14-17(15(2)24-20-14)9-10-19(23)21(3)13-16-7-6-12-22-11-5-4-8-18(16)22/h16,18H,4-13H2,1-3H3. The minimum atomic E-state index is 0.239. The van der Waals surface area contributed by atoms with Crippen molar-refractivity contribution in [2.24, 2.45) is 5.92 Å². The number of hydrogen-bond donors (Lipinski definition) is 0. The molecule has 1 aromatic heterocycles. The summed E-state index contributed by atoms with van der Waals surface area (Å²) in [4.78, 5) is 17.2. The highest BCUT2D eigenvalue weighted by molar-refractivity contribution is 5.76. The van der Waals surface area contributed by atoms with Crippen LogP contribution in [0.1, 0.15) is 55.5 Å². The second kappa shape index (κ2) is 7.68. The van der Waals surface area contributed by atoms with Crippen LogP contribution in [0.5, 0.6) is 0 Å². The Morgan fingerprint density at radius 3 is 2.79 bits per heavy atom. The first-order valence-electron chi connectivity index (χ1n) is 9.46. The number of aromatic nitrogens is 1. The summed E-state index contributed by atoms with van der Waals surface area (Å²) >= 11 is 0. The summed E-state index contributed by atoms with van der Waals surface area (Å²) in [6.07, 6.45) is 7.82. The first-order valence-corrected chi connectivity index (χ1v) is 9.46. The van der Waals surface area contributed by atoms with Crippen molar-refractivity contribution in [2.75, 3.05) is 26.7 Å². The molecule has 0 aliphatic carbocycles. The number of amides is 1. The highest BCUT2D eigenvalue weighted by Crippen LogP contribution is 2.31. The number of hydrogen-bond acceptors (Lipinski definition) is 4. The van der Waals surface area contributed by atoms with Crippen molar-refractivity contribution >= 4 is 5.91 Å². The van der Waals surface area contributed by atoms with E-state index in [0.29, 0.717) is 18.4 Å². The van der Waals surface area contributed by atoms with Crippen LogP contribution < -0.4 is 0 Å². The Kier molecular flexibility index (Phi) is 5.59. The molecule has 2 aliphatic heterocycles. The summed E-state index contributed by atoms with van der Waals surface area (Å²) in [5.74, 6) is 1.73. The van der Waals surface area contributed by atoms with Crippen LogP contribution in [-0.2, 0) is 11.2 Å². The minimum Gasteiger partial charge on any atom is -0.361 e. The van der Waals surface area contributed by atoms with Gasteiger partial charge >= 0.3 is 0 Å². The van der Waals surface area contributed by atoms with Gasteiger partial charge in [-0.05, 0) is 65.0 Å². The maximum atomic E-state index is 12.6. The number of nitrogens with zero attached hydrogens (tertiary/aromatic N) is 3. The average Bonchev–Trinajstić information content (AvgIpc) is 2.91. The molecule has 5 nitrogen and oxygen atoms in total. The summed E-state index contributed by atoms with van der Waals surface area (Å²) in [5, 5.41) is 3.97. The first kappa shape index (κ1) is 17.5. The van der Waals surface area contributed by atoms with Gasteiger partial charge < -0.3 is 14.3 Å². The topological polar surface area (TPSA) is 49.6 Å². The molecule has 1 aromatic rings. The van der Waals surface area contributed by atoms with Gasteiger partial charge in [0.2, 0.25) is 5.91 Å². The molecule has 0 bridgehead atoms. The quantitative estimate of drug-likeness (QED) is 0.831. The number of piperidine rings is 2. The number of carbonyl (C=O) groups excluding carboxylic acids is 1. The van der Waals surface area contributed by atoms with Crippen LogP contribution in [0, 0.1) is 19.8 Å². The van der Waals surface area contributed by atoms with Crippen LogP contribution in [0.25, 0.3) is 0 Å². The van der Waals surface area contributed by atoms with Crippen LogP contribution in [0.3, 0.4) is 0 Å². The van der Waals surface area contributed by atoms with E-state index in [4.69, 9.17) is 4.52 Å². The van der Waals surface area contributed by atoms with Crippen molar-refractivity contribution in [3.63, 3.8) is 0 Å². The van der Waals surface area contributed by atoms with Crippen LogP contribution in [-0.4, -0.2) is 53.6 Å². The Bertz CT molecular complexity index is 547. The average molecular weight is 333 g/mol. The number of rotatable bonds is 5. The van der Waals surface area contributed by atoms with E-state index >= 15 is 0 Å². The molecular formula is C19H31N3O2. The third-order valence-electron chi connectivity index (χ3n) is 5.93. The molecule has 2 aliphatic rings. The van der Waals surface area contributed by atoms with E-state index in [2.05, 4.69) is 10.1 Å². The van der Waals surface area contributed by atoms with Gasteiger partial charge in [0.05, 0.1) is 5.69 Å². The number of aryl methyl sites for hydroxylation is 2. The Hall–Kier alpha value is -1.36. The fraction of sp³-hybridized carbons (Fsp3) is 0.789. The maximum absolute atomic E-state index is 12.6. The van der Waals surface area contributed by atoms with Crippen LogP contribution in [0.2, 0.25) is 0 Å². The number of carbonyl (C=O) groups is 1. The highest BCUT2D eigenvalue weighted by atomic mass is 16.5. The molecule has 134 valence electrons. The summed E-state index contributed by atoms with van der Waals surface area (Å²) in [6, 6.07) is 0.699. The van der Waals surface area contributed by atoms with Crippen molar-refractivity contribution in [2.45, 2.75) is 64.8 Å². The summed E-state index contributed by atoms with van der Waals surface area (Å²) in [5.41, 5.74) is 2.00. The molecule has 0 radical (unpaired) electrons. The smallest absolute Gasteiger partial charge is 0.222 e. The van der Waals surface area contributed by atoms with Gasteiger partial charge in [-0.1, -0.05) is 11.6 Å². The Labute approximate surface area is 145 Å². The van der Waals surface area contributed by atoms with Crippen LogP contribution in [0.15, 0.2) is 4.52 Å². The molecule has 0 N–H and O–H groups in total. The second-order valence-electron chi connectivity index (χ2n) is 7.58. The zero-order valence-electron chi connectivity index (χ0n) is 15.4. The molecule has 2 atom stereocenters. The Balaban J connectivity index is 1.52. The van der Waals surface area contributed by atoms with Gasteiger partial charge in [0.15, 0.2) is 0 Å². The summed E-state index contributed by atoms with van der Waals surface area (Å²) in [7, 11) is 1.97. The predicted octanol–water partition coefficient (Wildman–Crippen LogP) is 2.95. The van der Waals surface area contributed by atoms with Gasteiger partial charge in [-0.3, -0.25) is 4.79 Å². The largest absolute Gasteiger partial charge is 0.361 e. The van der Waals surface area contributed by atoms with Gasteiger partial charge in [-0.25, -0.2) is 0 Å². The van der Waals surface area contributed by atoms with E-state index < -0.39 is 0 Å². The SMILES string of the molecule is Cc1noc(C)c1CCC(=O)N(C)CC1CCCN2CCCCC12. The van der Waals surface area contributed by atoms with Crippen molar-refractivity contribution in [1.29, 1.82) is 0 Å². The maximum Gasteiger partial charge on any atom is 0.222 e. The normalized spacial score (nSPS) is 24.6. The molecule has 2 fully saturated rings.